The Hall–Kier alpha value is -2.14. The first kappa shape index (κ1) is 16.7. The zero-order valence-corrected chi connectivity index (χ0v) is 14.2. The average molecular weight is 359 g/mol. The van der Waals surface area contributed by atoms with Gasteiger partial charge in [-0.25, -0.2) is 0 Å². The summed E-state index contributed by atoms with van der Waals surface area (Å²) in [6, 6.07) is 25.1. The van der Waals surface area contributed by atoms with Crippen LogP contribution in [-0.2, 0) is 15.0 Å². The lowest BCUT2D eigenvalue weighted by molar-refractivity contribution is 0.483. The zero-order chi connectivity index (χ0) is 17.2. The van der Waals surface area contributed by atoms with Crippen LogP contribution in [0.15, 0.2) is 89.8 Å². The minimum atomic E-state index is -4.24. The fourth-order valence-corrected chi connectivity index (χ4v) is 3.55. The summed E-state index contributed by atoms with van der Waals surface area (Å²) in [6.07, 6.45) is 0. The lowest BCUT2D eigenvalue weighted by Crippen LogP contribution is -2.22. The van der Waals surface area contributed by atoms with E-state index >= 15 is 0 Å². The smallest absolute Gasteiger partial charge is 0.282 e. The second-order valence-electron chi connectivity index (χ2n) is 5.39. The Morgan fingerprint density at radius 1 is 0.667 bits per heavy atom. The molecule has 0 aliphatic heterocycles. The molecule has 0 aliphatic rings. The maximum atomic E-state index is 11.3. The van der Waals surface area contributed by atoms with E-state index in [1.54, 1.807) is 12.1 Å². The molecule has 3 rings (SSSR count). The molecule has 0 bridgehead atoms. The van der Waals surface area contributed by atoms with Crippen molar-refractivity contribution in [1.82, 2.24) is 0 Å². The van der Waals surface area contributed by atoms with E-state index in [0.29, 0.717) is 5.56 Å². The van der Waals surface area contributed by atoms with Gasteiger partial charge in [0, 0.05) is 0 Å². The Morgan fingerprint density at radius 3 is 1.42 bits per heavy atom. The van der Waals surface area contributed by atoms with E-state index in [-0.39, 0.29) is 4.90 Å². The molecule has 24 heavy (non-hydrogen) atoms. The molecule has 3 aromatic rings. The van der Waals surface area contributed by atoms with Crippen molar-refractivity contribution in [2.75, 3.05) is 0 Å². The Kier molecular flexibility index (Phi) is 4.45. The Labute approximate surface area is 146 Å². The lowest BCUT2D eigenvalue weighted by atomic mass is 9.84. The summed E-state index contributed by atoms with van der Waals surface area (Å²) in [5.74, 6) is 0. The second kappa shape index (κ2) is 6.40. The van der Waals surface area contributed by atoms with Crippen molar-refractivity contribution in [3.63, 3.8) is 0 Å². The fourth-order valence-electron chi connectivity index (χ4n) is 2.69. The van der Waals surface area contributed by atoms with Crippen LogP contribution in [0.25, 0.3) is 0 Å². The maximum absolute atomic E-state index is 11.3. The van der Waals surface area contributed by atoms with Crippen molar-refractivity contribution in [2.45, 2.75) is 9.77 Å². The number of halogens is 1. The minimum absolute atomic E-state index is 0.161. The van der Waals surface area contributed by atoms with E-state index in [4.69, 9.17) is 16.2 Å². The summed E-state index contributed by atoms with van der Waals surface area (Å²) in [5.41, 5.74) is 2.46. The minimum Gasteiger partial charge on any atom is -0.282 e. The van der Waals surface area contributed by atoms with Gasteiger partial charge in [-0.2, -0.15) is 8.42 Å². The van der Waals surface area contributed by atoms with Crippen molar-refractivity contribution in [3.05, 3.63) is 102 Å². The highest BCUT2D eigenvalue weighted by Gasteiger charge is 2.34. The van der Waals surface area contributed by atoms with Crippen LogP contribution in [0.3, 0.4) is 0 Å². The molecule has 0 saturated heterocycles. The molecule has 0 radical (unpaired) electrons. The van der Waals surface area contributed by atoms with Crippen molar-refractivity contribution in [2.24, 2.45) is 0 Å². The first-order chi connectivity index (χ1) is 11.4. The van der Waals surface area contributed by atoms with Crippen molar-refractivity contribution < 1.29 is 13.0 Å². The number of rotatable bonds is 4. The van der Waals surface area contributed by atoms with E-state index < -0.39 is 15.0 Å². The number of alkyl halides is 1. The van der Waals surface area contributed by atoms with E-state index in [1.807, 2.05) is 60.7 Å². The fraction of sp³-hybridized carbons (Fsp3) is 0.0526. The predicted octanol–water partition coefficient (Wildman–Crippen LogP) is 4.46. The molecule has 0 spiro atoms. The molecule has 0 fully saturated rings. The molecule has 1 N–H and O–H groups in total. The van der Waals surface area contributed by atoms with Crippen LogP contribution in [0.1, 0.15) is 16.7 Å². The Balaban J connectivity index is 2.20. The number of hydrogen-bond acceptors (Lipinski definition) is 2. The van der Waals surface area contributed by atoms with E-state index in [9.17, 15) is 8.42 Å². The molecule has 3 aromatic carbocycles. The Bertz CT molecular complexity index is 882. The van der Waals surface area contributed by atoms with Gasteiger partial charge in [-0.3, -0.25) is 4.55 Å². The van der Waals surface area contributed by atoms with Gasteiger partial charge in [-0.15, -0.1) is 11.6 Å². The van der Waals surface area contributed by atoms with Gasteiger partial charge in [0.05, 0.1) is 4.90 Å². The van der Waals surface area contributed by atoms with E-state index in [0.717, 1.165) is 11.1 Å². The van der Waals surface area contributed by atoms with Gasteiger partial charge >= 0.3 is 0 Å². The molecular formula is C19H15ClO3S. The van der Waals surface area contributed by atoms with E-state index in [2.05, 4.69) is 0 Å². The van der Waals surface area contributed by atoms with Gasteiger partial charge in [0.15, 0.2) is 0 Å². The monoisotopic (exact) mass is 358 g/mol. The molecule has 0 saturated carbocycles. The molecular weight excluding hydrogens is 344 g/mol. The van der Waals surface area contributed by atoms with Crippen LogP contribution < -0.4 is 0 Å². The lowest BCUT2D eigenvalue weighted by Gasteiger charge is -2.29. The molecule has 0 unspecified atom stereocenters. The Morgan fingerprint density at radius 2 is 1.04 bits per heavy atom. The highest BCUT2D eigenvalue weighted by Crippen LogP contribution is 2.43. The maximum Gasteiger partial charge on any atom is 0.294 e. The standard InChI is InChI=1S/C19H15ClO3S/c20-19(15-7-3-1-4-8-15,16-9-5-2-6-10-16)17-11-13-18(14-12-17)24(21,22)23/h1-14H,(H,21,22,23). The van der Waals surface area contributed by atoms with Gasteiger partial charge in [0.25, 0.3) is 10.1 Å². The first-order valence-corrected chi connectivity index (χ1v) is 9.12. The summed E-state index contributed by atoms with van der Waals surface area (Å²) in [4.78, 5) is -1.12. The largest absolute Gasteiger partial charge is 0.294 e. The predicted molar refractivity (Wildman–Crippen MR) is 94.9 cm³/mol. The summed E-state index contributed by atoms with van der Waals surface area (Å²) in [6.45, 7) is 0. The van der Waals surface area contributed by atoms with Crippen LogP contribution >= 0.6 is 11.6 Å². The van der Waals surface area contributed by atoms with Crippen molar-refractivity contribution in [3.8, 4) is 0 Å². The molecule has 122 valence electrons. The van der Waals surface area contributed by atoms with Gasteiger partial charge in [-0.05, 0) is 28.8 Å². The highest BCUT2D eigenvalue weighted by atomic mass is 35.5. The quantitative estimate of drug-likeness (QED) is 0.425. The molecule has 0 heterocycles. The van der Waals surface area contributed by atoms with Crippen LogP contribution in [0, 0.1) is 0 Å². The summed E-state index contributed by atoms with van der Waals surface area (Å²) in [7, 11) is -4.24. The molecule has 0 amide bonds. The molecule has 0 aromatic heterocycles. The second-order valence-corrected chi connectivity index (χ2v) is 7.38. The van der Waals surface area contributed by atoms with Crippen molar-refractivity contribution in [1.29, 1.82) is 0 Å². The van der Waals surface area contributed by atoms with Gasteiger partial charge in [-0.1, -0.05) is 72.8 Å². The first-order valence-electron chi connectivity index (χ1n) is 7.30. The van der Waals surface area contributed by atoms with Gasteiger partial charge in [0.2, 0.25) is 0 Å². The molecule has 0 aliphatic carbocycles. The summed E-state index contributed by atoms with van der Waals surface area (Å²) in [5, 5.41) is 0. The third-order valence-corrected chi connectivity index (χ3v) is 5.42. The van der Waals surface area contributed by atoms with Gasteiger partial charge in [0.1, 0.15) is 4.87 Å². The average Bonchev–Trinajstić information content (AvgIpc) is 2.62. The third kappa shape index (κ3) is 3.08. The summed E-state index contributed by atoms with van der Waals surface area (Å²) >= 11 is 7.07. The highest BCUT2D eigenvalue weighted by molar-refractivity contribution is 7.85. The molecule has 0 atom stereocenters. The van der Waals surface area contributed by atoms with Crippen LogP contribution in [0.4, 0.5) is 0 Å². The van der Waals surface area contributed by atoms with Crippen LogP contribution in [0.2, 0.25) is 0 Å². The van der Waals surface area contributed by atoms with Gasteiger partial charge < -0.3 is 0 Å². The molecule has 5 heteroatoms. The third-order valence-electron chi connectivity index (χ3n) is 3.89. The molecule has 3 nitrogen and oxygen atoms in total. The SMILES string of the molecule is O=S(=O)(O)c1ccc(C(Cl)(c2ccccc2)c2ccccc2)cc1. The number of hydrogen-bond donors (Lipinski definition) is 1. The van der Waals surface area contributed by atoms with Crippen molar-refractivity contribution >= 4 is 21.7 Å². The van der Waals surface area contributed by atoms with Crippen LogP contribution in [-0.4, -0.2) is 13.0 Å². The summed E-state index contributed by atoms with van der Waals surface area (Å²) < 4.78 is 31.7. The van der Waals surface area contributed by atoms with E-state index in [1.165, 1.54) is 12.1 Å². The van der Waals surface area contributed by atoms with Crippen LogP contribution in [0.5, 0.6) is 0 Å². The topological polar surface area (TPSA) is 54.4 Å². The number of benzene rings is 3. The normalized spacial score (nSPS) is 12.1. The zero-order valence-electron chi connectivity index (χ0n) is 12.6.